The number of carbonyl (C=O) groups excluding carboxylic acids is 3. The minimum absolute atomic E-state index is 0.111. The standard InChI is InChI=1S/C21H18ClN3O5/c1-3-30-19(27)17-16-18(26)25(14-5-4-6-15(11-14)29-2)20(28)21(16,24-23-17)12-7-9-13(22)10-8-12/h4-11,16,24H,3H2,1-2H3/t16-,21-/m1/s1. The van der Waals surface area contributed by atoms with Crippen LogP contribution in [0.4, 0.5) is 5.69 Å². The molecule has 0 aliphatic carbocycles. The third kappa shape index (κ3) is 2.83. The zero-order valence-electron chi connectivity index (χ0n) is 16.2. The van der Waals surface area contributed by atoms with Crippen LogP contribution in [0, 0.1) is 5.92 Å². The summed E-state index contributed by atoms with van der Waals surface area (Å²) in [4.78, 5) is 40.7. The van der Waals surface area contributed by atoms with Crippen LogP contribution in [-0.2, 0) is 24.7 Å². The Labute approximate surface area is 177 Å². The summed E-state index contributed by atoms with van der Waals surface area (Å²) in [7, 11) is 1.49. The first-order chi connectivity index (χ1) is 14.4. The van der Waals surface area contributed by atoms with Gasteiger partial charge in [-0.3, -0.25) is 15.0 Å². The van der Waals surface area contributed by atoms with Crippen molar-refractivity contribution < 1.29 is 23.9 Å². The van der Waals surface area contributed by atoms with Crippen molar-refractivity contribution in [3.05, 3.63) is 59.1 Å². The Hall–Kier alpha value is -3.39. The number of hydrazone groups is 1. The summed E-state index contributed by atoms with van der Waals surface area (Å²) in [6.07, 6.45) is 0. The van der Waals surface area contributed by atoms with Crippen LogP contribution in [0.15, 0.2) is 53.6 Å². The number of nitrogens with zero attached hydrogens (tertiary/aromatic N) is 2. The van der Waals surface area contributed by atoms with E-state index in [1.165, 1.54) is 7.11 Å². The lowest BCUT2D eigenvalue weighted by atomic mass is 9.79. The van der Waals surface area contributed by atoms with E-state index >= 15 is 0 Å². The molecule has 0 spiro atoms. The van der Waals surface area contributed by atoms with Crippen molar-refractivity contribution in [2.75, 3.05) is 18.6 Å². The zero-order chi connectivity index (χ0) is 21.5. The number of carbonyl (C=O) groups is 3. The molecule has 2 aromatic rings. The molecule has 0 bridgehead atoms. The average Bonchev–Trinajstić information content (AvgIpc) is 3.25. The third-order valence-corrected chi connectivity index (χ3v) is 5.41. The van der Waals surface area contributed by atoms with Crippen molar-refractivity contribution >= 4 is 40.8 Å². The van der Waals surface area contributed by atoms with E-state index in [-0.39, 0.29) is 12.3 Å². The van der Waals surface area contributed by atoms with Gasteiger partial charge < -0.3 is 9.47 Å². The number of imide groups is 1. The fourth-order valence-electron chi connectivity index (χ4n) is 3.79. The van der Waals surface area contributed by atoms with Crippen LogP contribution in [0.5, 0.6) is 5.75 Å². The molecule has 9 heteroatoms. The molecule has 0 radical (unpaired) electrons. The number of fused-ring (bicyclic) bond motifs is 1. The number of nitrogens with one attached hydrogen (secondary N) is 1. The van der Waals surface area contributed by atoms with E-state index in [1.54, 1.807) is 55.5 Å². The largest absolute Gasteiger partial charge is 0.497 e. The SMILES string of the molecule is CCOC(=O)C1=NN[C@@]2(c3ccc(Cl)cc3)C(=O)N(c3cccc(OC)c3)C(=O)[C@@H]12. The molecule has 0 saturated carbocycles. The van der Waals surface area contributed by atoms with Crippen LogP contribution in [0.1, 0.15) is 12.5 Å². The van der Waals surface area contributed by atoms with E-state index in [0.29, 0.717) is 22.0 Å². The first kappa shape index (κ1) is 19.9. The molecule has 2 heterocycles. The number of hydrogen-bond acceptors (Lipinski definition) is 7. The molecule has 154 valence electrons. The normalized spacial score (nSPS) is 22.4. The quantitative estimate of drug-likeness (QED) is 0.580. The minimum atomic E-state index is -1.58. The van der Waals surface area contributed by atoms with E-state index in [9.17, 15) is 14.4 Å². The Morgan fingerprint density at radius 1 is 1.23 bits per heavy atom. The highest BCUT2D eigenvalue weighted by molar-refractivity contribution is 6.47. The number of ether oxygens (including phenoxy) is 2. The predicted molar refractivity (Wildman–Crippen MR) is 109 cm³/mol. The molecule has 4 rings (SSSR count). The molecule has 2 aliphatic rings. The third-order valence-electron chi connectivity index (χ3n) is 5.16. The van der Waals surface area contributed by atoms with E-state index in [4.69, 9.17) is 21.1 Å². The van der Waals surface area contributed by atoms with Crippen LogP contribution >= 0.6 is 11.6 Å². The van der Waals surface area contributed by atoms with E-state index in [0.717, 1.165) is 4.90 Å². The molecule has 2 atom stereocenters. The zero-order valence-corrected chi connectivity index (χ0v) is 17.0. The Kier molecular flexibility index (Phi) is 4.95. The number of methoxy groups -OCH3 is 1. The highest BCUT2D eigenvalue weighted by atomic mass is 35.5. The molecule has 0 unspecified atom stereocenters. The number of hydrogen-bond donors (Lipinski definition) is 1. The van der Waals surface area contributed by atoms with Gasteiger partial charge in [0.1, 0.15) is 11.7 Å². The number of benzene rings is 2. The van der Waals surface area contributed by atoms with Crippen LogP contribution in [-0.4, -0.2) is 37.2 Å². The lowest BCUT2D eigenvalue weighted by Crippen LogP contribution is -2.48. The first-order valence-electron chi connectivity index (χ1n) is 9.24. The van der Waals surface area contributed by atoms with Crippen molar-refractivity contribution in [1.29, 1.82) is 0 Å². The number of anilines is 1. The summed E-state index contributed by atoms with van der Waals surface area (Å²) in [5.74, 6) is -2.59. The summed E-state index contributed by atoms with van der Waals surface area (Å²) >= 11 is 6.00. The molecule has 1 fully saturated rings. The predicted octanol–water partition coefficient (Wildman–Crippen LogP) is 2.26. The number of halogens is 1. The van der Waals surface area contributed by atoms with Crippen LogP contribution < -0.4 is 15.1 Å². The molecule has 30 heavy (non-hydrogen) atoms. The first-order valence-corrected chi connectivity index (χ1v) is 9.62. The maximum Gasteiger partial charge on any atom is 0.355 e. The summed E-state index contributed by atoms with van der Waals surface area (Å²) in [5.41, 5.74) is 1.84. The van der Waals surface area contributed by atoms with Gasteiger partial charge in [0.05, 0.1) is 19.4 Å². The van der Waals surface area contributed by atoms with Crippen LogP contribution in [0.2, 0.25) is 5.02 Å². The molecule has 0 aromatic heterocycles. The van der Waals surface area contributed by atoms with Crippen LogP contribution in [0.3, 0.4) is 0 Å². The van der Waals surface area contributed by atoms with E-state index < -0.39 is 29.2 Å². The number of amides is 2. The van der Waals surface area contributed by atoms with Crippen molar-refractivity contribution in [3.8, 4) is 5.75 Å². The van der Waals surface area contributed by atoms with Gasteiger partial charge in [0, 0.05) is 11.1 Å². The van der Waals surface area contributed by atoms with Gasteiger partial charge in [-0.2, -0.15) is 5.10 Å². The Bertz CT molecular complexity index is 1070. The maximum absolute atomic E-state index is 13.7. The monoisotopic (exact) mass is 427 g/mol. The second-order valence-electron chi connectivity index (χ2n) is 6.76. The Morgan fingerprint density at radius 3 is 2.63 bits per heavy atom. The lowest BCUT2D eigenvalue weighted by Gasteiger charge is -2.26. The molecule has 1 N–H and O–H groups in total. The van der Waals surface area contributed by atoms with Gasteiger partial charge in [0.25, 0.3) is 5.91 Å². The van der Waals surface area contributed by atoms with Crippen molar-refractivity contribution in [2.24, 2.45) is 11.0 Å². The molecule has 2 amide bonds. The smallest absolute Gasteiger partial charge is 0.355 e. The second-order valence-corrected chi connectivity index (χ2v) is 7.19. The molecule has 1 saturated heterocycles. The molecular weight excluding hydrogens is 410 g/mol. The lowest BCUT2D eigenvalue weighted by molar-refractivity contribution is -0.136. The maximum atomic E-state index is 13.7. The van der Waals surface area contributed by atoms with Gasteiger partial charge in [-0.1, -0.05) is 29.8 Å². The van der Waals surface area contributed by atoms with Gasteiger partial charge in [0.15, 0.2) is 11.3 Å². The molecule has 2 aliphatic heterocycles. The highest BCUT2D eigenvalue weighted by Gasteiger charge is 2.67. The minimum Gasteiger partial charge on any atom is -0.497 e. The molecule has 2 aromatic carbocycles. The van der Waals surface area contributed by atoms with Crippen molar-refractivity contribution in [1.82, 2.24) is 5.43 Å². The van der Waals surface area contributed by atoms with E-state index in [2.05, 4.69) is 10.5 Å². The second kappa shape index (κ2) is 7.46. The number of rotatable bonds is 5. The number of esters is 1. The highest BCUT2D eigenvalue weighted by Crippen LogP contribution is 2.45. The summed E-state index contributed by atoms with van der Waals surface area (Å²) < 4.78 is 10.3. The average molecular weight is 428 g/mol. The fraction of sp³-hybridized carbons (Fsp3) is 0.238. The van der Waals surface area contributed by atoms with Crippen LogP contribution in [0.25, 0.3) is 0 Å². The van der Waals surface area contributed by atoms with Gasteiger partial charge in [-0.25, -0.2) is 9.69 Å². The Morgan fingerprint density at radius 2 is 1.97 bits per heavy atom. The molecule has 8 nitrogen and oxygen atoms in total. The topological polar surface area (TPSA) is 97.3 Å². The van der Waals surface area contributed by atoms with Gasteiger partial charge in [0.2, 0.25) is 5.91 Å². The summed E-state index contributed by atoms with van der Waals surface area (Å²) in [5, 5.41) is 4.51. The fourth-order valence-corrected chi connectivity index (χ4v) is 3.92. The van der Waals surface area contributed by atoms with Gasteiger partial charge in [-0.15, -0.1) is 0 Å². The van der Waals surface area contributed by atoms with Crippen molar-refractivity contribution in [2.45, 2.75) is 12.5 Å². The van der Waals surface area contributed by atoms with Gasteiger partial charge >= 0.3 is 5.97 Å². The van der Waals surface area contributed by atoms with E-state index in [1.807, 2.05) is 0 Å². The summed E-state index contributed by atoms with van der Waals surface area (Å²) in [6.45, 7) is 1.76. The Balaban J connectivity index is 1.86. The molecular formula is C21H18ClN3O5. The van der Waals surface area contributed by atoms with Crippen molar-refractivity contribution in [3.63, 3.8) is 0 Å². The summed E-state index contributed by atoms with van der Waals surface area (Å²) in [6, 6.07) is 13.1. The van der Waals surface area contributed by atoms with Gasteiger partial charge in [-0.05, 0) is 36.8 Å².